The Morgan fingerprint density at radius 2 is 1.90 bits per heavy atom. The van der Waals surface area contributed by atoms with Gasteiger partial charge in [0.1, 0.15) is 11.9 Å². The zero-order valence-electron chi connectivity index (χ0n) is 13.2. The first kappa shape index (κ1) is 17.6. The molecule has 0 aliphatic rings. The number of anilines is 1. The van der Waals surface area contributed by atoms with Crippen molar-refractivity contribution in [2.24, 2.45) is 5.92 Å². The molecular weight excluding hydrogens is 365 g/mol. The molecule has 0 spiro atoms. The number of hydrogen-bond donors (Lipinski definition) is 1. The Bertz CT molecular complexity index is 424. The minimum atomic E-state index is -0.0136. The Hall–Kier alpha value is -0.430. The minimum Gasteiger partial charge on any atom is -0.371 e. The van der Waals surface area contributed by atoms with Gasteiger partial charge in [0.05, 0.1) is 9.26 Å². The van der Waals surface area contributed by atoms with Crippen LogP contribution in [0.5, 0.6) is 0 Å². The molecule has 0 aliphatic carbocycles. The van der Waals surface area contributed by atoms with Crippen LogP contribution in [-0.2, 0) is 11.2 Å². The first-order valence-electron chi connectivity index (χ1n) is 7.45. The van der Waals surface area contributed by atoms with Gasteiger partial charge in [-0.25, -0.2) is 9.97 Å². The van der Waals surface area contributed by atoms with E-state index >= 15 is 0 Å². The standard InChI is InChI=1S/C15H26IN3O/c1-6-12(20-8-3)14-18-11(9-10(4)5)13(16)15(19-14)17-7-2/h10,12H,6-9H2,1-5H3,(H,17,18,19). The molecule has 0 saturated carbocycles. The maximum Gasteiger partial charge on any atom is 0.159 e. The lowest BCUT2D eigenvalue weighted by molar-refractivity contribution is 0.0533. The third-order valence-corrected chi connectivity index (χ3v) is 4.04. The summed E-state index contributed by atoms with van der Waals surface area (Å²) >= 11 is 2.34. The molecule has 0 saturated heterocycles. The molecule has 0 aromatic carbocycles. The molecule has 5 heteroatoms. The Labute approximate surface area is 136 Å². The Balaban J connectivity index is 3.19. The molecule has 0 radical (unpaired) electrons. The van der Waals surface area contributed by atoms with E-state index in [0.29, 0.717) is 12.5 Å². The topological polar surface area (TPSA) is 47.0 Å². The van der Waals surface area contributed by atoms with Gasteiger partial charge in [-0.15, -0.1) is 0 Å². The molecule has 1 unspecified atom stereocenters. The molecule has 1 heterocycles. The van der Waals surface area contributed by atoms with Crippen molar-refractivity contribution in [1.29, 1.82) is 0 Å². The number of hydrogen-bond acceptors (Lipinski definition) is 4. The zero-order chi connectivity index (χ0) is 15.1. The molecule has 1 aromatic heterocycles. The van der Waals surface area contributed by atoms with Crippen LogP contribution < -0.4 is 5.32 Å². The lowest BCUT2D eigenvalue weighted by Gasteiger charge is -2.18. The fourth-order valence-corrected chi connectivity index (χ4v) is 2.69. The number of halogens is 1. The van der Waals surface area contributed by atoms with Gasteiger partial charge in [0.15, 0.2) is 5.82 Å². The van der Waals surface area contributed by atoms with E-state index < -0.39 is 0 Å². The van der Waals surface area contributed by atoms with Gasteiger partial charge in [-0.2, -0.15) is 0 Å². The quantitative estimate of drug-likeness (QED) is 0.675. The monoisotopic (exact) mass is 391 g/mol. The van der Waals surface area contributed by atoms with Gasteiger partial charge in [-0.05, 0) is 55.2 Å². The van der Waals surface area contributed by atoms with Crippen molar-refractivity contribution in [2.75, 3.05) is 18.5 Å². The molecule has 1 rings (SSSR count). The summed E-state index contributed by atoms with van der Waals surface area (Å²) in [6.45, 7) is 12.2. The smallest absolute Gasteiger partial charge is 0.159 e. The highest BCUT2D eigenvalue weighted by Gasteiger charge is 2.18. The van der Waals surface area contributed by atoms with E-state index in [9.17, 15) is 0 Å². The van der Waals surface area contributed by atoms with E-state index in [1.54, 1.807) is 0 Å². The van der Waals surface area contributed by atoms with Crippen molar-refractivity contribution in [3.8, 4) is 0 Å². The van der Waals surface area contributed by atoms with Crippen LogP contribution in [-0.4, -0.2) is 23.1 Å². The molecule has 20 heavy (non-hydrogen) atoms. The number of ether oxygens (including phenoxy) is 1. The van der Waals surface area contributed by atoms with Crippen molar-refractivity contribution in [1.82, 2.24) is 9.97 Å². The van der Waals surface area contributed by atoms with Crippen molar-refractivity contribution < 1.29 is 4.74 Å². The van der Waals surface area contributed by atoms with Crippen LogP contribution >= 0.6 is 22.6 Å². The predicted octanol–water partition coefficient (Wildman–Crippen LogP) is 4.20. The number of nitrogens with zero attached hydrogens (tertiary/aromatic N) is 2. The molecule has 1 aromatic rings. The summed E-state index contributed by atoms with van der Waals surface area (Å²) in [6, 6.07) is 0. The van der Waals surface area contributed by atoms with Crippen LogP contribution in [0.3, 0.4) is 0 Å². The molecule has 1 atom stereocenters. The number of nitrogens with one attached hydrogen (secondary N) is 1. The molecule has 114 valence electrons. The first-order valence-corrected chi connectivity index (χ1v) is 8.52. The van der Waals surface area contributed by atoms with E-state index in [-0.39, 0.29) is 6.10 Å². The lowest BCUT2D eigenvalue weighted by Crippen LogP contribution is -2.15. The summed E-state index contributed by atoms with van der Waals surface area (Å²) in [5.74, 6) is 2.32. The van der Waals surface area contributed by atoms with Crippen molar-refractivity contribution in [3.63, 3.8) is 0 Å². The van der Waals surface area contributed by atoms with E-state index in [1.807, 2.05) is 6.92 Å². The molecule has 1 N–H and O–H groups in total. The average molecular weight is 391 g/mol. The van der Waals surface area contributed by atoms with E-state index in [1.165, 1.54) is 0 Å². The van der Waals surface area contributed by atoms with Crippen molar-refractivity contribution in [3.05, 3.63) is 15.1 Å². The molecule has 0 bridgehead atoms. The number of rotatable bonds is 8. The second-order valence-electron chi connectivity index (χ2n) is 5.17. The summed E-state index contributed by atoms with van der Waals surface area (Å²) in [5.41, 5.74) is 1.12. The third-order valence-electron chi connectivity index (χ3n) is 2.91. The highest BCUT2D eigenvalue weighted by atomic mass is 127. The first-order chi connectivity index (χ1) is 9.53. The summed E-state index contributed by atoms with van der Waals surface area (Å²) < 4.78 is 6.89. The minimum absolute atomic E-state index is 0.0136. The number of aromatic nitrogens is 2. The van der Waals surface area contributed by atoms with Gasteiger partial charge >= 0.3 is 0 Å². The van der Waals surface area contributed by atoms with Crippen molar-refractivity contribution in [2.45, 2.75) is 53.6 Å². The SMILES string of the molecule is CCNc1nc(C(CC)OCC)nc(CC(C)C)c1I. The predicted molar refractivity (Wildman–Crippen MR) is 92.1 cm³/mol. The van der Waals surface area contributed by atoms with E-state index in [0.717, 1.165) is 40.3 Å². The Morgan fingerprint density at radius 1 is 1.20 bits per heavy atom. The Kier molecular flexibility index (Phi) is 7.72. The summed E-state index contributed by atoms with van der Waals surface area (Å²) in [4.78, 5) is 9.43. The fraction of sp³-hybridized carbons (Fsp3) is 0.733. The van der Waals surface area contributed by atoms with E-state index in [2.05, 4.69) is 60.6 Å². The maximum atomic E-state index is 5.75. The van der Waals surface area contributed by atoms with Crippen LogP contribution in [0.2, 0.25) is 0 Å². The third kappa shape index (κ3) is 4.84. The summed E-state index contributed by atoms with van der Waals surface area (Å²) in [7, 11) is 0. The summed E-state index contributed by atoms with van der Waals surface area (Å²) in [5, 5.41) is 3.34. The molecular formula is C15H26IN3O. The van der Waals surface area contributed by atoms with Gasteiger partial charge in [0.2, 0.25) is 0 Å². The van der Waals surface area contributed by atoms with Gasteiger partial charge in [-0.3, -0.25) is 0 Å². The molecule has 0 aliphatic heterocycles. The van der Waals surface area contributed by atoms with Gasteiger partial charge < -0.3 is 10.1 Å². The van der Waals surface area contributed by atoms with Crippen molar-refractivity contribution >= 4 is 28.4 Å². The van der Waals surface area contributed by atoms with Crippen LogP contribution in [0.15, 0.2) is 0 Å². The van der Waals surface area contributed by atoms with Crippen LogP contribution in [0.25, 0.3) is 0 Å². The largest absolute Gasteiger partial charge is 0.371 e. The maximum absolute atomic E-state index is 5.75. The molecule has 4 nitrogen and oxygen atoms in total. The van der Waals surface area contributed by atoms with E-state index in [4.69, 9.17) is 9.72 Å². The second kappa shape index (κ2) is 8.77. The van der Waals surface area contributed by atoms with Crippen LogP contribution in [0.1, 0.15) is 58.7 Å². The van der Waals surface area contributed by atoms with Crippen LogP contribution in [0.4, 0.5) is 5.82 Å². The summed E-state index contributed by atoms with van der Waals surface area (Å²) in [6.07, 6.45) is 1.84. The van der Waals surface area contributed by atoms with Gasteiger partial charge in [0.25, 0.3) is 0 Å². The Morgan fingerprint density at radius 3 is 2.40 bits per heavy atom. The second-order valence-corrected chi connectivity index (χ2v) is 6.25. The van der Waals surface area contributed by atoms with Crippen LogP contribution in [0, 0.1) is 9.49 Å². The fourth-order valence-electron chi connectivity index (χ4n) is 2.04. The zero-order valence-corrected chi connectivity index (χ0v) is 15.3. The van der Waals surface area contributed by atoms with Gasteiger partial charge in [0, 0.05) is 13.2 Å². The molecule has 0 amide bonds. The van der Waals surface area contributed by atoms with Gasteiger partial charge in [-0.1, -0.05) is 20.8 Å². The highest BCUT2D eigenvalue weighted by Crippen LogP contribution is 2.26. The lowest BCUT2D eigenvalue weighted by atomic mass is 10.1. The average Bonchev–Trinajstić information content (AvgIpc) is 2.40. The molecule has 0 fully saturated rings. The highest BCUT2D eigenvalue weighted by molar-refractivity contribution is 14.1. The normalized spacial score (nSPS) is 12.8.